The number of fused-ring (bicyclic) bond motifs is 9. The summed E-state index contributed by atoms with van der Waals surface area (Å²) in [7, 11) is 0. The quantitative estimate of drug-likeness (QED) is 0.170. The molecule has 8 aromatic rings. The van der Waals surface area contributed by atoms with Crippen LogP contribution in [-0.4, -0.2) is 11.4 Å². The Labute approximate surface area is 308 Å². The van der Waals surface area contributed by atoms with Crippen molar-refractivity contribution < 1.29 is 0 Å². The largest absolute Gasteiger partial charge is 0.279 e. The highest BCUT2D eigenvalue weighted by Gasteiger charge is 2.41. The predicted octanol–water partition coefficient (Wildman–Crippen LogP) is 11.6. The first-order chi connectivity index (χ1) is 25.3. The fourth-order valence-electron chi connectivity index (χ4n) is 8.40. The zero-order chi connectivity index (χ0) is 33.5. The van der Waals surface area contributed by atoms with E-state index in [1.54, 1.807) is 0 Å². The lowest BCUT2D eigenvalue weighted by Crippen LogP contribution is -2.60. The van der Waals surface area contributed by atoms with Crippen LogP contribution >= 0.6 is 34.4 Å². The number of nitrogens with one attached hydrogen (secondary N) is 3. The third kappa shape index (κ3) is 4.90. The van der Waals surface area contributed by atoms with E-state index >= 15 is 0 Å². The van der Waals surface area contributed by atoms with Gasteiger partial charge in [-0.2, -0.15) is 0 Å². The van der Waals surface area contributed by atoms with Gasteiger partial charge in [0.25, 0.3) is 0 Å². The number of hydrogen-bond donors (Lipinski definition) is 3. The van der Waals surface area contributed by atoms with E-state index in [4.69, 9.17) is 0 Å². The Bertz CT molecular complexity index is 2710. The van der Waals surface area contributed by atoms with Crippen LogP contribution in [0.2, 0.25) is 0 Å². The summed E-state index contributed by atoms with van der Waals surface area (Å²) < 4.78 is 5.39. The summed E-state index contributed by atoms with van der Waals surface area (Å²) in [6, 6.07) is 49.1. The molecular weight excluding hydrogens is 679 g/mol. The topological polar surface area (TPSA) is 36.1 Å². The minimum absolute atomic E-state index is 0.0143. The van der Waals surface area contributed by atoms with Crippen molar-refractivity contribution in [1.82, 2.24) is 16.0 Å². The van der Waals surface area contributed by atoms with Gasteiger partial charge in [-0.15, -0.1) is 34.4 Å². The minimum atomic E-state index is -0.0364. The van der Waals surface area contributed by atoms with E-state index in [0.717, 1.165) is 0 Å². The van der Waals surface area contributed by atoms with Gasteiger partial charge in [-0.05, 0) is 52.1 Å². The number of thioether (sulfide) groups is 1. The van der Waals surface area contributed by atoms with E-state index in [2.05, 4.69) is 168 Å². The summed E-state index contributed by atoms with van der Waals surface area (Å²) in [5.41, 5.74) is 7.99. The van der Waals surface area contributed by atoms with Gasteiger partial charge in [0.1, 0.15) is 0 Å². The standard InChI is InChI=1S/C45H33N3S3/c1-2-11-26(12-3-1)43-46-44(34-19-9-17-32-30-14-5-7-22-38(30)50-41(32)34)48-45(47-43)35-20-10-18-33-36-25-27(23-24-39(36)51-42(33)35)28-15-8-16-31-29-13-4-6-21-37(29)49-40(28)31/h1-25,33,42-48H. The molecule has 6 aromatic carbocycles. The van der Waals surface area contributed by atoms with Crippen LogP contribution in [-0.2, 0) is 0 Å². The van der Waals surface area contributed by atoms with Crippen LogP contribution < -0.4 is 16.0 Å². The van der Waals surface area contributed by atoms with Gasteiger partial charge < -0.3 is 0 Å². The molecule has 0 radical (unpaired) electrons. The molecule has 6 heteroatoms. The maximum atomic E-state index is 4.06. The van der Waals surface area contributed by atoms with Gasteiger partial charge in [0, 0.05) is 62.0 Å². The molecule has 1 fully saturated rings. The van der Waals surface area contributed by atoms with Gasteiger partial charge in [-0.3, -0.25) is 16.0 Å². The minimum Gasteiger partial charge on any atom is -0.279 e. The van der Waals surface area contributed by atoms with E-state index in [1.807, 2.05) is 34.4 Å². The van der Waals surface area contributed by atoms with Crippen molar-refractivity contribution in [3.05, 3.63) is 174 Å². The molecule has 2 aliphatic heterocycles. The fraction of sp³-hybridized carbons (Fsp3) is 0.111. The van der Waals surface area contributed by atoms with Crippen LogP contribution in [0.1, 0.15) is 34.9 Å². The molecule has 3 nitrogen and oxygen atoms in total. The van der Waals surface area contributed by atoms with E-state index < -0.39 is 0 Å². The second kappa shape index (κ2) is 12.0. The number of rotatable bonds is 4. The molecule has 3 N–H and O–H groups in total. The average Bonchev–Trinajstić information content (AvgIpc) is 3.89. The van der Waals surface area contributed by atoms with Crippen molar-refractivity contribution >= 4 is 74.8 Å². The molecule has 0 amide bonds. The molecule has 4 heterocycles. The molecule has 246 valence electrons. The Morgan fingerprint density at radius 3 is 2.00 bits per heavy atom. The van der Waals surface area contributed by atoms with Crippen molar-refractivity contribution in [1.29, 1.82) is 0 Å². The van der Waals surface area contributed by atoms with Crippen molar-refractivity contribution in [2.45, 2.75) is 34.6 Å². The molecule has 51 heavy (non-hydrogen) atoms. The van der Waals surface area contributed by atoms with Crippen LogP contribution in [0.5, 0.6) is 0 Å². The second-order valence-corrected chi connectivity index (χ2v) is 17.0. The van der Waals surface area contributed by atoms with Crippen molar-refractivity contribution in [2.24, 2.45) is 0 Å². The molecule has 5 unspecified atom stereocenters. The SMILES string of the molecule is C1=CC2c3cc(-c4cccc5c4sc4ccccc45)ccc3SC2C(C2NC(c3ccccc3)NC(c3cccc4c3sc3ccccc34)N2)=C1. The Kier molecular flexibility index (Phi) is 7.10. The summed E-state index contributed by atoms with van der Waals surface area (Å²) >= 11 is 5.82. The fourth-order valence-corrected chi connectivity index (χ4v) is 12.4. The molecule has 11 rings (SSSR count). The molecule has 1 saturated heterocycles. The van der Waals surface area contributed by atoms with Gasteiger partial charge in [-0.1, -0.05) is 127 Å². The molecule has 0 bridgehead atoms. The van der Waals surface area contributed by atoms with Crippen LogP contribution in [0.4, 0.5) is 0 Å². The first-order valence-electron chi connectivity index (χ1n) is 17.6. The number of benzene rings is 6. The molecule has 3 aliphatic rings. The van der Waals surface area contributed by atoms with Gasteiger partial charge in [0.15, 0.2) is 0 Å². The third-order valence-corrected chi connectivity index (χ3v) is 14.7. The summed E-state index contributed by atoms with van der Waals surface area (Å²) in [4.78, 5) is 1.38. The summed E-state index contributed by atoms with van der Waals surface area (Å²) in [5.74, 6) is 0.310. The highest BCUT2D eigenvalue weighted by molar-refractivity contribution is 8.00. The normalized spacial score (nSPS) is 22.8. The Hall–Kier alpha value is -4.53. The van der Waals surface area contributed by atoms with E-state index in [0.29, 0.717) is 11.2 Å². The lowest BCUT2D eigenvalue weighted by Gasteiger charge is -2.42. The van der Waals surface area contributed by atoms with E-state index in [-0.39, 0.29) is 18.5 Å². The predicted molar refractivity (Wildman–Crippen MR) is 219 cm³/mol. The Balaban J connectivity index is 0.958. The Morgan fingerprint density at radius 1 is 0.510 bits per heavy atom. The van der Waals surface area contributed by atoms with E-state index in [1.165, 1.54) is 78.6 Å². The van der Waals surface area contributed by atoms with Crippen LogP contribution in [0.15, 0.2) is 162 Å². The highest BCUT2D eigenvalue weighted by Crippen LogP contribution is 2.53. The van der Waals surface area contributed by atoms with Crippen molar-refractivity contribution in [3.63, 3.8) is 0 Å². The summed E-state index contributed by atoms with van der Waals surface area (Å²) in [5, 5.41) is 17.7. The Morgan fingerprint density at radius 2 is 1.18 bits per heavy atom. The number of hydrogen-bond acceptors (Lipinski definition) is 6. The zero-order valence-corrected chi connectivity index (χ0v) is 30.0. The molecule has 0 saturated carbocycles. The molecular formula is C45H33N3S3. The van der Waals surface area contributed by atoms with E-state index in [9.17, 15) is 0 Å². The van der Waals surface area contributed by atoms with Gasteiger partial charge in [0.05, 0.1) is 18.5 Å². The van der Waals surface area contributed by atoms with Crippen LogP contribution in [0.25, 0.3) is 51.5 Å². The van der Waals surface area contributed by atoms with Crippen molar-refractivity contribution in [2.75, 3.05) is 0 Å². The van der Waals surface area contributed by atoms with Crippen LogP contribution in [0, 0.1) is 0 Å². The maximum Gasteiger partial charge on any atom is 0.0878 e. The summed E-state index contributed by atoms with van der Waals surface area (Å²) in [6.07, 6.45) is 6.99. The lowest BCUT2D eigenvalue weighted by molar-refractivity contribution is 0.220. The number of allylic oxidation sites excluding steroid dienone is 3. The zero-order valence-electron chi connectivity index (χ0n) is 27.5. The lowest BCUT2D eigenvalue weighted by atomic mass is 9.85. The molecule has 5 atom stereocenters. The molecule has 0 spiro atoms. The first-order valence-corrected chi connectivity index (χ1v) is 20.1. The smallest absolute Gasteiger partial charge is 0.0878 e. The van der Waals surface area contributed by atoms with Gasteiger partial charge in [0.2, 0.25) is 0 Å². The van der Waals surface area contributed by atoms with Crippen molar-refractivity contribution in [3.8, 4) is 11.1 Å². The van der Waals surface area contributed by atoms with Gasteiger partial charge in [-0.25, -0.2) is 0 Å². The van der Waals surface area contributed by atoms with Gasteiger partial charge >= 0.3 is 0 Å². The maximum absolute atomic E-state index is 4.06. The highest BCUT2D eigenvalue weighted by atomic mass is 32.2. The summed E-state index contributed by atoms with van der Waals surface area (Å²) in [6.45, 7) is 0. The third-order valence-electron chi connectivity index (χ3n) is 10.8. The number of thiophene rings is 2. The first kappa shape index (κ1) is 30.1. The second-order valence-electron chi connectivity index (χ2n) is 13.7. The van der Waals surface area contributed by atoms with Crippen LogP contribution in [0.3, 0.4) is 0 Å². The monoisotopic (exact) mass is 711 g/mol. The average molecular weight is 712 g/mol. The molecule has 1 aliphatic carbocycles. The molecule has 2 aromatic heterocycles.